The van der Waals surface area contributed by atoms with Crippen molar-refractivity contribution < 1.29 is 9.50 Å². The van der Waals surface area contributed by atoms with E-state index in [4.69, 9.17) is 5.11 Å². The molecule has 3 nitrogen and oxygen atoms in total. The minimum Gasteiger partial charge on any atom is -0.506 e. The lowest BCUT2D eigenvalue weighted by Gasteiger charge is -1.99. The smallest absolute Gasteiger partial charge is 0.213 e. The second kappa shape index (κ2) is 8.06. The van der Waals surface area contributed by atoms with Crippen molar-refractivity contribution in [2.45, 2.75) is 0 Å². The van der Waals surface area contributed by atoms with Crippen LogP contribution in [-0.4, -0.2) is 15.1 Å². The second-order valence-electron chi connectivity index (χ2n) is 2.77. The molecule has 1 N–H and O–H groups in total. The number of hydrogen-bond acceptors (Lipinski definition) is 3. The van der Waals surface area contributed by atoms with Gasteiger partial charge in [-0.1, -0.05) is 0 Å². The maximum absolute atomic E-state index is 12.7. The van der Waals surface area contributed by atoms with E-state index in [2.05, 4.69) is 9.97 Å². The second-order valence-corrected chi connectivity index (χ2v) is 2.77. The standard InChI is InChI=1S/C10H7FN2O.3ClH/c11-10-5-7(3-4-12-10)9-2-1-8(14)6-13-9;;;/h1-6,14H;3*1H. The molecule has 0 amide bonds. The summed E-state index contributed by atoms with van der Waals surface area (Å²) in [5, 5.41) is 9.01. The predicted molar refractivity (Wildman–Crippen MR) is 70.8 cm³/mol. The van der Waals surface area contributed by atoms with Crippen molar-refractivity contribution in [3.8, 4) is 17.0 Å². The molecule has 17 heavy (non-hydrogen) atoms. The first-order valence-electron chi connectivity index (χ1n) is 4.02. The predicted octanol–water partition coefficient (Wildman–Crippen LogP) is 3.25. The molecule has 0 saturated carbocycles. The van der Waals surface area contributed by atoms with Crippen LogP contribution in [-0.2, 0) is 0 Å². The third-order valence-corrected chi connectivity index (χ3v) is 1.77. The number of rotatable bonds is 1. The lowest BCUT2D eigenvalue weighted by molar-refractivity contribution is 0.473. The highest BCUT2D eigenvalue weighted by Gasteiger charge is 2.00. The average Bonchev–Trinajstić information content (AvgIpc) is 2.19. The summed E-state index contributed by atoms with van der Waals surface area (Å²) in [5.41, 5.74) is 1.24. The van der Waals surface area contributed by atoms with E-state index in [0.29, 0.717) is 11.3 Å². The van der Waals surface area contributed by atoms with Gasteiger partial charge in [-0.15, -0.1) is 37.2 Å². The first kappa shape index (κ1) is 18.3. The Labute approximate surface area is 116 Å². The Bertz CT molecular complexity index is 454. The van der Waals surface area contributed by atoms with Crippen LogP contribution >= 0.6 is 37.2 Å². The number of hydrogen-bond donors (Lipinski definition) is 1. The van der Waals surface area contributed by atoms with E-state index in [1.807, 2.05) is 0 Å². The Balaban J connectivity index is 0. The van der Waals surface area contributed by atoms with Crippen molar-refractivity contribution in [1.82, 2.24) is 9.97 Å². The largest absolute Gasteiger partial charge is 0.506 e. The molecule has 2 rings (SSSR count). The number of aromatic hydroxyl groups is 1. The van der Waals surface area contributed by atoms with E-state index in [9.17, 15) is 4.39 Å². The molecule has 2 aromatic rings. The monoisotopic (exact) mass is 298 g/mol. The molecule has 0 saturated heterocycles. The summed E-state index contributed by atoms with van der Waals surface area (Å²) in [4.78, 5) is 7.38. The van der Waals surface area contributed by atoms with Gasteiger partial charge in [0.25, 0.3) is 0 Å². The van der Waals surface area contributed by atoms with Gasteiger partial charge in [0.2, 0.25) is 5.95 Å². The molecule has 0 atom stereocenters. The first-order chi connectivity index (χ1) is 6.75. The zero-order valence-corrected chi connectivity index (χ0v) is 10.9. The highest BCUT2D eigenvalue weighted by molar-refractivity contribution is 5.86. The quantitative estimate of drug-likeness (QED) is 0.822. The van der Waals surface area contributed by atoms with E-state index in [1.165, 1.54) is 24.5 Å². The molecule has 0 aliphatic rings. The van der Waals surface area contributed by atoms with Crippen molar-refractivity contribution in [1.29, 1.82) is 0 Å². The Hall–Kier alpha value is -1.10. The molecule has 0 aromatic carbocycles. The molecule has 0 aliphatic carbocycles. The minimum atomic E-state index is -0.544. The molecule has 0 fully saturated rings. The maximum atomic E-state index is 12.7. The van der Waals surface area contributed by atoms with E-state index in [-0.39, 0.29) is 43.0 Å². The summed E-state index contributed by atoms with van der Waals surface area (Å²) in [6, 6.07) is 6.06. The van der Waals surface area contributed by atoms with Crippen LogP contribution in [0, 0.1) is 5.95 Å². The van der Waals surface area contributed by atoms with Crippen molar-refractivity contribution in [3.63, 3.8) is 0 Å². The Morgan fingerprint density at radius 1 is 1.00 bits per heavy atom. The topological polar surface area (TPSA) is 46.0 Å². The lowest BCUT2D eigenvalue weighted by Crippen LogP contribution is -1.86. The molecule has 0 unspecified atom stereocenters. The third kappa shape index (κ3) is 4.73. The van der Waals surface area contributed by atoms with Crippen LogP contribution < -0.4 is 0 Å². The molecule has 0 bridgehead atoms. The van der Waals surface area contributed by atoms with Gasteiger partial charge in [-0.05, 0) is 18.2 Å². The van der Waals surface area contributed by atoms with Gasteiger partial charge in [0, 0.05) is 17.8 Å². The molecular weight excluding hydrogens is 289 g/mol. The van der Waals surface area contributed by atoms with Crippen molar-refractivity contribution in [3.05, 3.63) is 42.6 Å². The van der Waals surface area contributed by atoms with Crippen LogP contribution in [0.1, 0.15) is 0 Å². The Morgan fingerprint density at radius 2 is 1.71 bits per heavy atom. The summed E-state index contributed by atoms with van der Waals surface area (Å²) < 4.78 is 12.7. The van der Waals surface area contributed by atoms with Crippen molar-refractivity contribution in [2.24, 2.45) is 0 Å². The highest BCUT2D eigenvalue weighted by atomic mass is 35.5. The molecule has 2 heterocycles. The summed E-state index contributed by atoms with van der Waals surface area (Å²) in [7, 11) is 0. The van der Waals surface area contributed by atoms with Crippen LogP contribution in [0.15, 0.2) is 36.7 Å². The average molecular weight is 300 g/mol. The Morgan fingerprint density at radius 3 is 2.24 bits per heavy atom. The summed E-state index contributed by atoms with van der Waals surface area (Å²) >= 11 is 0. The highest BCUT2D eigenvalue weighted by Crippen LogP contribution is 2.18. The van der Waals surface area contributed by atoms with E-state index in [0.717, 1.165) is 0 Å². The molecule has 0 aliphatic heterocycles. The van der Waals surface area contributed by atoms with Crippen LogP contribution in [0.25, 0.3) is 11.3 Å². The van der Waals surface area contributed by atoms with E-state index in [1.54, 1.807) is 12.1 Å². The molecular formula is C10H10Cl3FN2O. The number of pyridine rings is 2. The van der Waals surface area contributed by atoms with E-state index < -0.39 is 5.95 Å². The van der Waals surface area contributed by atoms with Crippen molar-refractivity contribution in [2.75, 3.05) is 0 Å². The van der Waals surface area contributed by atoms with Gasteiger partial charge in [0.15, 0.2) is 0 Å². The molecule has 94 valence electrons. The van der Waals surface area contributed by atoms with Crippen LogP contribution in [0.4, 0.5) is 4.39 Å². The molecule has 7 heteroatoms. The number of halogens is 4. The SMILES string of the molecule is Cl.Cl.Cl.Oc1ccc(-c2ccnc(F)c2)nc1. The first-order valence-corrected chi connectivity index (χ1v) is 4.02. The lowest BCUT2D eigenvalue weighted by atomic mass is 10.2. The zero-order valence-electron chi connectivity index (χ0n) is 8.41. The third-order valence-electron chi connectivity index (χ3n) is 1.77. The minimum absolute atomic E-state index is 0. The van der Waals surface area contributed by atoms with Gasteiger partial charge in [-0.25, -0.2) is 4.98 Å². The summed E-state index contributed by atoms with van der Waals surface area (Å²) in [6.45, 7) is 0. The molecule has 0 radical (unpaired) electrons. The van der Waals surface area contributed by atoms with Crippen molar-refractivity contribution >= 4 is 37.2 Å². The van der Waals surface area contributed by atoms with Gasteiger partial charge < -0.3 is 5.11 Å². The summed E-state index contributed by atoms with van der Waals surface area (Å²) in [6.07, 6.45) is 2.69. The Kier molecular flexibility index (Phi) is 8.66. The van der Waals surface area contributed by atoms with Gasteiger partial charge in [0.05, 0.1) is 11.9 Å². The zero-order chi connectivity index (χ0) is 9.97. The van der Waals surface area contributed by atoms with Crippen LogP contribution in [0.3, 0.4) is 0 Å². The normalized spacial score (nSPS) is 8.29. The van der Waals surface area contributed by atoms with Crippen LogP contribution in [0.2, 0.25) is 0 Å². The fourth-order valence-corrected chi connectivity index (χ4v) is 1.12. The van der Waals surface area contributed by atoms with Gasteiger partial charge >= 0.3 is 0 Å². The molecule has 2 aromatic heterocycles. The van der Waals surface area contributed by atoms with Gasteiger partial charge in [0.1, 0.15) is 5.75 Å². The number of aromatic nitrogens is 2. The van der Waals surface area contributed by atoms with Gasteiger partial charge in [-0.2, -0.15) is 4.39 Å². The number of nitrogens with zero attached hydrogens (tertiary/aromatic N) is 2. The van der Waals surface area contributed by atoms with E-state index >= 15 is 0 Å². The fraction of sp³-hybridized carbons (Fsp3) is 0. The van der Waals surface area contributed by atoms with Gasteiger partial charge in [-0.3, -0.25) is 4.98 Å². The fourth-order valence-electron chi connectivity index (χ4n) is 1.12. The van der Waals surface area contributed by atoms with Crippen LogP contribution in [0.5, 0.6) is 5.75 Å². The summed E-state index contributed by atoms with van der Waals surface area (Å²) in [5.74, 6) is -0.458. The maximum Gasteiger partial charge on any atom is 0.213 e. The molecule has 0 spiro atoms.